The minimum Gasteiger partial charge on any atom is -0.208 e. The number of aromatic nitrogens is 6. The maximum atomic E-state index is 5.08. The van der Waals surface area contributed by atoms with Crippen molar-refractivity contribution in [1.82, 2.24) is 29.9 Å². The van der Waals surface area contributed by atoms with E-state index in [1.165, 1.54) is 0 Å². The Hall–Kier alpha value is -7.31. The van der Waals surface area contributed by atoms with E-state index in [4.69, 9.17) is 25.1 Å². The molecule has 0 saturated carbocycles. The highest BCUT2D eigenvalue weighted by Crippen LogP contribution is 2.35. The second kappa shape index (κ2) is 12.8. The Morgan fingerprint density at radius 1 is 0.340 bits per heavy atom. The number of hydrogen-bond donors (Lipinski definition) is 0. The molecule has 0 fully saturated rings. The van der Waals surface area contributed by atoms with Crippen LogP contribution in [0, 0.1) is 0 Å². The fourth-order valence-electron chi connectivity index (χ4n) is 7.03. The molecule has 0 unspecified atom stereocenters. The molecule has 6 heteroatoms. The number of para-hydroxylation sites is 1. The third-order valence-electron chi connectivity index (χ3n) is 9.69. The Balaban J connectivity index is 1.10. The summed E-state index contributed by atoms with van der Waals surface area (Å²) in [5.41, 5.74) is 9.85. The van der Waals surface area contributed by atoms with Crippen molar-refractivity contribution < 1.29 is 0 Å². The maximum absolute atomic E-state index is 5.08. The molecule has 6 nitrogen and oxygen atoms in total. The highest BCUT2D eigenvalue weighted by Gasteiger charge is 2.15. The fraction of sp³-hybridized carbons (Fsp3) is 0. The predicted octanol–water partition coefficient (Wildman–Crippen LogP) is 11.2. The first-order chi connectivity index (χ1) is 26.2. The fourth-order valence-corrected chi connectivity index (χ4v) is 7.03. The van der Waals surface area contributed by atoms with Crippen LogP contribution in [-0.2, 0) is 0 Å². The molecule has 248 valence electrons. The van der Waals surface area contributed by atoms with E-state index >= 15 is 0 Å². The molecular formula is C47H30N6. The molecule has 0 aliphatic heterocycles. The molecule has 0 atom stereocenters. The summed E-state index contributed by atoms with van der Waals surface area (Å²) in [4.78, 5) is 16.8. The molecule has 0 N–H and O–H groups in total. The molecule has 0 radical (unpaired) electrons. The SMILES string of the molecule is c1ccc(-c2cccc(-c3nc(-c4ccccc4)nc(-c4cccc(-c5ccc6ccc7ccc8nn(-c9ccccc9)nc8c7c6c5)c4)n3)c2)cc1. The summed E-state index contributed by atoms with van der Waals surface area (Å²) in [6, 6.07) is 62.5. The topological polar surface area (TPSA) is 69.4 Å². The zero-order valence-electron chi connectivity index (χ0n) is 28.5. The van der Waals surface area contributed by atoms with E-state index < -0.39 is 0 Å². The molecule has 0 spiro atoms. The summed E-state index contributed by atoms with van der Waals surface area (Å²) >= 11 is 0. The average molecular weight is 679 g/mol. The minimum atomic E-state index is 0.617. The lowest BCUT2D eigenvalue weighted by Gasteiger charge is -2.11. The van der Waals surface area contributed by atoms with Crippen LogP contribution in [0.4, 0.5) is 0 Å². The van der Waals surface area contributed by atoms with Crippen LogP contribution >= 0.6 is 0 Å². The minimum absolute atomic E-state index is 0.617. The second-order valence-corrected chi connectivity index (χ2v) is 13.1. The Labute approximate surface area is 305 Å². The van der Waals surface area contributed by atoms with Crippen LogP contribution in [0.15, 0.2) is 182 Å². The van der Waals surface area contributed by atoms with Gasteiger partial charge in [0.05, 0.1) is 5.69 Å². The first-order valence-electron chi connectivity index (χ1n) is 17.6. The van der Waals surface area contributed by atoms with Gasteiger partial charge in [-0.1, -0.05) is 146 Å². The lowest BCUT2D eigenvalue weighted by atomic mass is 9.95. The van der Waals surface area contributed by atoms with Gasteiger partial charge < -0.3 is 0 Å². The highest BCUT2D eigenvalue weighted by atomic mass is 15.5. The van der Waals surface area contributed by atoms with Crippen molar-refractivity contribution in [2.75, 3.05) is 0 Å². The van der Waals surface area contributed by atoms with Crippen LogP contribution in [-0.4, -0.2) is 29.9 Å². The molecule has 10 rings (SSSR count). The van der Waals surface area contributed by atoms with Gasteiger partial charge >= 0.3 is 0 Å². The summed E-state index contributed by atoms with van der Waals surface area (Å²) in [5, 5.41) is 14.3. The largest absolute Gasteiger partial charge is 0.208 e. The molecule has 0 saturated heterocycles. The van der Waals surface area contributed by atoms with Crippen LogP contribution in [0.25, 0.3) is 94.7 Å². The van der Waals surface area contributed by atoms with Crippen LogP contribution in [0.2, 0.25) is 0 Å². The summed E-state index contributed by atoms with van der Waals surface area (Å²) < 4.78 is 0. The Bertz CT molecular complexity index is 2940. The van der Waals surface area contributed by atoms with Gasteiger partial charge in [0, 0.05) is 22.1 Å². The molecule has 0 bridgehead atoms. The Kier molecular flexibility index (Phi) is 7.36. The van der Waals surface area contributed by atoms with Gasteiger partial charge in [-0.25, -0.2) is 15.0 Å². The number of rotatable bonds is 6. The predicted molar refractivity (Wildman–Crippen MR) is 214 cm³/mol. The molecule has 53 heavy (non-hydrogen) atoms. The normalized spacial score (nSPS) is 11.4. The van der Waals surface area contributed by atoms with Crippen LogP contribution < -0.4 is 0 Å². The van der Waals surface area contributed by atoms with Crippen LogP contribution in [0.5, 0.6) is 0 Å². The van der Waals surface area contributed by atoms with E-state index in [1.807, 2.05) is 72.8 Å². The third kappa shape index (κ3) is 5.69. The molecule has 2 heterocycles. The van der Waals surface area contributed by atoms with Gasteiger partial charge in [0.25, 0.3) is 0 Å². The van der Waals surface area contributed by atoms with Crippen LogP contribution in [0.3, 0.4) is 0 Å². The summed E-state index contributed by atoms with van der Waals surface area (Å²) in [6.07, 6.45) is 0. The molecule has 0 amide bonds. The monoisotopic (exact) mass is 678 g/mol. The van der Waals surface area contributed by atoms with Gasteiger partial charge in [0.2, 0.25) is 0 Å². The van der Waals surface area contributed by atoms with Gasteiger partial charge in [0.1, 0.15) is 11.0 Å². The summed E-state index contributed by atoms with van der Waals surface area (Å²) in [7, 11) is 0. The molecule has 10 aromatic rings. The van der Waals surface area contributed by atoms with E-state index in [2.05, 4.69) is 109 Å². The molecule has 0 aliphatic carbocycles. The van der Waals surface area contributed by atoms with Gasteiger partial charge in [0.15, 0.2) is 17.5 Å². The van der Waals surface area contributed by atoms with E-state index in [1.54, 1.807) is 4.80 Å². The lowest BCUT2D eigenvalue weighted by Crippen LogP contribution is -2.00. The lowest BCUT2D eigenvalue weighted by molar-refractivity contribution is 0.766. The first-order valence-corrected chi connectivity index (χ1v) is 17.6. The highest BCUT2D eigenvalue weighted by molar-refractivity contribution is 6.18. The van der Waals surface area contributed by atoms with Gasteiger partial charge in [-0.15, -0.1) is 10.2 Å². The van der Waals surface area contributed by atoms with E-state index in [0.29, 0.717) is 17.5 Å². The van der Waals surface area contributed by atoms with Gasteiger partial charge in [-0.2, -0.15) is 4.80 Å². The van der Waals surface area contributed by atoms with Gasteiger partial charge in [-0.3, -0.25) is 0 Å². The molecular weight excluding hydrogens is 649 g/mol. The number of benzene rings is 8. The van der Waals surface area contributed by atoms with Crippen molar-refractivity contribution in [1.29, 1.82) is 0 Å². The van der Waals surface area contributed by atoms with E-state index in [9.17, 15) is 0 Å². The number of fused-ring (bicyclic) bond motifs is 5. The standard InChI is InChI=1S/C47H30N6/c1-4-12-31(13-5-1)35-16-10-18-38(28-35)46-48-45(34-14-6-2-7-15-34)49-47(50-46)39-19-11-17-36(29-39)37-25-23-32-22-24-33-26-27-42-44(43(33)41(32)30-37)52-53(51-42)40-20-8-3-9-21-40/h1-30H. The van der Waals surface area contributed by atoms with Crippen molar-refractivity contribution in [2.45, 2.75) is 0 Å². The van der Waals surface area contributed by atoms with E-state index in [-0.39, 0.29) is 0 Å². The average Bonchev–Trinajstić information content (AvgIpc) is 3.69. The third-order valence-corrected chi connectivity index (χ3v) is 9.69. The van der Waals surface area contributed by atoms with Gasteiger partial charge in [-0.05, 0) is 74.8 Å². The number of nitrogens with zero attached hydrogens (tertiary/aromatic N) is 6. The second-order valence-electron chi connectivity index (χ2n) is 13.1. The number of hydrogen-bond acceptors (Lipinski definition) is 5. The van der Waals surface area contributed by atoms with Crippen molar-refractivity contribution in [3.8, 4) is 62.1 Å². The first kappa shape index (κ1) is 30.5. The maximum Gasteiger partial charge on any atom is 0.164 e. The van der Waals surface area contributed by atoms with Crippen molar-refractivity contribution >= 4 is 32.6 Å². The van der Waals surface area contributed by atoms with Crippen molar-refractivity contribution in [2.24, 2.45) is 0 Å². The summed E-state index contributed by atoms with van der Waals surface area (Å²) in [6.45, 7) is 0. The smallest absolute Gasteiger partial charge is 0.164 e. The molecule has 2 aromatic heterocycles. The summed E-state index contributed by atoms with van der Waals surface area (Å²) in [5.74, 6) is 1.87. The molecule has 0 aliphatic rings. The Morgan fingerprint density at radius 3 is 1.51 bits per heavy atom. The van der Waals surface area contributed by atoms with Crippen molar-refractivity contribution in [3.05, 3.63) is 182 Å². The van der Waals surface area contributed by atoms with Crippen LogP contribution in [0.1, 0.15) is 0 Å². The Morgan fingerprint density at radius 2 is 0.830 bits per heavy atom. The molecule has 8 aromatic carbocycles. The van der Waals surface area contributed by atoms with Crippen molar-refractivity contribution in [3.63, 3.8) is 0 Å². The zero-order valence-corrected chi connectivity index (χ0v) is 28.5. The quantitative estimate of drug-likeness (QED) is 0.164. The zero-order chi connectivity index (χ0) is 35.1. The van der Waals surface area contributed by atoms with E-state index in [0.717, 1.165) is 77.2 Å².